The standard InChI is InChI=1S/C20H33N3O3S/c1-14(2)11-17(23(13-24)16-9-7-5-6-8-10-16)18(25)19-21-22-20(26-19)27-12-15(3)4/h13-17H,5-12H2,1-4H3/t17-/m0/s1. The highest BCUT2D eigenvalue weighted by molar-refractivity contribution is 7.99. The van der Waals surface area contributed by atoms with Gasteiger partial charge in [-0.3, -0.25) is 9.59 Å². The van der Waals surface area contributed by atoms with E-state index in [1.807, 2.05) is 0 Å². The summed E-state index contributed by atoms with van der Waals surface area (Å²) in [5.41, 5.74) is 0. The molecule has 1 aromatic rings. The summed E-state index contributed by atoms with van der Waals surface area (Å²) < 4.78 is 5.61. The molecule has 1 atom stereocenters. The zero-order valence-electron chi connectivity index (χ0n) is 17.0. The number of hydrogen-bond acceptors (Lipinski definition) is 6. The quantitative estimate of drug-likeness (QED) is 0.249. The summed E-state index contributed by atoms with van der Waals surface area (Å²) >= 11 is 1.46. The number of thioether (sulfide) groups is 1. The lowest BCUT2D eigenvalue weighted by molar-refractivity contribution is -0.122. The van der Waals surface area contributed by atoms with Crippen molar-refractivity contribution >= 4 is 24.0 Å². The van der Waals surface area contributed by atoms with Crippen LogP contribution in [-0.4, -0.2) is 45.1 Å². The van der Waals surface area contributed by atoms with Crippen LogP contribution in [0.1, 0.15) is 83.3 Å². The van der Waals surface area contributed by atoms with Crippen LogP contribution < -0.4 is 0 Å². The van der Waals surface area contributed by atoms with Crippen molar-refractivity contribution < 1.29 is 14.0 Å². The lowest BCUT2D eigenvalue weighted by Gasteiger charge is -2.34. The van der Waals surface area contributed by atoms with Gasteiger partial charge in [0.05, 0.1) is 0 Å². The SMILES string of the molecule is CC(C)CSc1nnc(C(=O)[C@H](CC(C)C)N(C=O)C2CCCCCC2)o1. The molecule has 0 aromatic carbocycles. The molecule has 152 valence electrons. The van der Waals surface area contributed by atoms with Crippen LogP contribution in [0.4, 0.5) is 0 Å². The van der Waals surface area contributed by atoms with E-state index in [0.717, 1.165) is 37.8 Å². The molecule has 0 unspecified atom stereocenters. The number of ketones is 1. The number of hydrogen-bond donors (Lipinski definition) is 0. The third kappa shape index (κ3) is 6.63. The lowest BCUT2D eigenvalue weighted by Crippen LogP contribution is -2.47. The van der Waals surface area contributed by atoms with Crippen LogP contribution in [0.2, 0.25) is 0 Å². The largest absolute Gasteiger partial charge is 0.408 e. The summed E-state index contributed by atoms with van der Waals surface area (Å²) in [7, 11) is 0. The summed E-state index contributed by atoms with van der Waals surface area (Å²) in [5.74, 6) is 1.42. The number of aromatic nitrogens is 2. The second kappa shape index (κ2) is 10.8. The van der Waals surface area contributed by atoms with Gasteiger partial charge in [-0.15, -0.1) is 10.2 Å². The van der Waals surface area contributed by atoms with E-state index in [-0.39, 0.29) is 23.6 Å². The molecule has 0 spiro atoms. The average molecular weight is 396 g/mol. The summed E-state index contributed by atoms with van der Waals surface area (Å²) in [6.07, 6.45) is 7.98. The zero-order valence-corrected chi connectivity index (χ0v) is 17.8. The highest BCUT2D eigenvalue weighted by Gasteiger charge is 2.34. The van der Waals surface area contributed by atoms with Gasteiger partial charge in [-0.25, -0.2) is 0 Å². The molecular formula is C20H33N3O3S. The van der Waals surface area contributed by atoms with Crippen LogP contribution in [0.5, 0.6) is 0 Å². The van der Waals surface area contributed by atoms with E-state index in [1.165, 1.54) is 24.6 Å². The first-order valence-electron chi connectivity index (χ1n) is 10.2. The molecule has 2 rings (SSSR count). The maximum Gasteiger partial charge on any atom is 0.286 e. The minimum absolute atomic E-state index is 0.0207. The fourth-order valence-electron chi connectivity index (χ4n) is 3.53. The number of nitrogens with zero attached hydrogens (tertiary/aromatic N) is 3. The van der Waals surface area contributed by atoms with E-state index >= 15 is 0 Å². The Hall–Kier alpha value is -1.37. The predicted octanol–water partition coefficient (Wildman–Crippen LogP) is 4.60. The third-order valence-corrected chi connectivity index (χ3v) is 6.13. The summed E-state index contributed by atoms with van der Waals surface area (Å²) in [4.78, 5) is 26.9. The molecule has 1 aliphatic carbocycles. The minimum atomic E-state index is -0.533. The number of carbonyl (C=O) groups excluding carboxylic acids is 2. The number of carbonyl (C=O) groups is 2. The van der Waals surface area contributed by atoms with E-state index in [0.29, 0.717) is 17.6 Å². The Labute approximate surface area is 166 Å². The van der Waals surface area contributed by atoms with Crippen LogP contribution >= 0.6 is 11.8 Å². The van der Waals surface area contributed by atoms with Crippen molar-refractivity contribution in [3.8, 4) is 0 Å². The van der Waals surface area contributed by atoms with Gasteiger partial charge in [-0.05, 0) is 31.1 Å². The summed E-state index contributed by atoms with van der Waals surface area (Å²) in [6, 6.07) is -0.413. The molecule has 7 heteroatoms. The van der Waals surface area contributed by atoms with Crippen molar-refractivity contribution in [1.82, 2.24) is 15.1 Å². The third-order valence-electron chi connectivity index (χ3n) is 4.88. The number of Topliss-reactive ketones (excluding diaryl/α,β-unsaturated/α-hetero) is 1. The smallest absolute Gasteiger partial charge is 0.286 e. The van der Waals surface area contributed by atoms with Gasteiger partial charge in [0.15, 0.2) is 0 Å². The van der Waals surface area contributed by atoms with Crippen molar-refractivity contribution in [2.75, 3.05) is 5.75 Å². The molecule has 1 heterocycles. The molecule has 1 fully saturated rings. The highest BCUT2D eigenvalue weighted by atomic mass is 32.2. The molecule has 0 saturated heterocycles. The van der Waals surface area contributed by atoms with Gasteiger partial charge in [0.1, 0.15) is 6.04 Å². The molecule has 1 saturated carbocycles. The predicted molar refractivity (Wildman–Crippen MR) is 107 cm³/mol. The number of amides is 1. The van der Waals surface area contributed by atoms with Gasteiger partial charge in [0.25, 0.3) is 11.1 Å². The maximum atomic E-state index is 13.2. The van der Waals surface area contributed by atoms with Crippen molar-refractivity contribution in [2.45, 2.75) is 89.9 Å². The van der Waals surface area contributed by atoms with E-state index < -0.39 is 6.04 Å². The van der Waals surface area contributed by atoms with Gasteiger partial charge < -0.3 is 9.32 Å². The molecule has 1 amide bonds. The Morgan fingerprint density at radius 2 is 1.81 bits per heavy atom. The number of rotatable bonds is 10. The molecule has 0 radical (unpaired) electrons. The van der Waals surface area contributed by atoms with Gasteiger partial charge >= 0.3 is 0 Å². The molecular weight excluding hydrogens is 362 g/mol. The van der Waals surface area contributed by atoms with Gasteiger partial charge in [-0.1, -0.05) is 65.1 Å². The van der Waals surface area contributed by atoms with E-state index in [1.54, 1.807) is 4.90 Å². The highest BCUT2D eigenvalue weighted by Crippen LogP contribution is 2.27. The fraction of sp³-hybridized carbons (Fsp3) is 0.800. The van der Waals surface area contributed by atoms with Crippen molar-refractivity contribution in [3.63, 3.8) is 0 Å². The van der Waals surface area contributed by atoms with Gasteiger partial charge in [0, 0.05) is 11.8 Å². The van der Waals surface area contributed by atoms with Crippen molar-refractivity contribution in [3.05, 3.63) is 5.89 Å². The van der Waals surface area contributed by atoms with E-state index in [4.69, 9.17) is 4.42 Å². The normalized spacial score (nSPS) is 17.1. The van der Waals surface area contributed by atoms with Crippen LogP contribution in [0.15, 0.2) is 9.64 Å². The monoisotopic (exact) mass is 395 g/mol. The topological polar surface area (TPSA) is 76.3 Å². The second-order valence-corrected chi connectivity index (χ2v) is 9.26. The molecule has 6 nitrogen and oxygen atoms in total. The molecule has 0 N–H and O–H groups in total. The fourth-order valence-corrected chi connectivity index (χ4v) is 4.24. The van der Waals surface area contributed by atoms with Crippen LogP contribution in [0.25, 0.3) is 0 Å². The molecule has 1 aliphatic rings. The van der Waals surface area contributed by atoms with Gasteiger partial charge in [-0.2, -0.15) is 0 Å². The van der Waals surface area contributed by atoms with Crippen molar-refractivity contribution in [1.29, 1.82) is 0 Å². The van der Waals surface area contributed by atoms with E-state index in [9.17, 15) is 9.59 Å². The molecule has 1 aromatic heterocycles. The Morgan fingerprint density at radius 3 is 2.37 bits per heavy atom. The van der Waals surface area contributed by atoms with Crippen LogP contribution in [-0.2, 0) is 4.79 Å². The Bertz CT molecular complexity index is 595. The van der Waals surface area contributed by atoms with Crippen LogP contribution in [0.3, 0.4) is 0 Å². The molecule has 27 heavy (non-hydrogen) atoms. The summed E-state index contributed by atoms with van der Waals surface area (Å²) in [5, 5.41) is 8.39. The lowest BCUT2D eigenvalue weighted by atomic mass is 9.95. The second-order valence-electron chi connectivity index (χ2n) is 8.29. The zero-order chi connectivity index (χ0) is 19.8. The Morgan fingerprint density at radius 1 is 1.15 bits per heavy atom. The van der Waals surface area contributed by atoms with Gasteiger partial charge in [0.2, 0.25) is 12.2 Å². The average Bonchev–Trinajstić information content (AvgIpc) is 2.94. The first kappa shape index (κ1) is 21.9. The molecule has 0 bridgehead atoms. The van der Waals surface area contributed by atoms with Crippen LogP contribution in [0, 0.1) is 11.8 Å². The van der Waals surface area contributed by atoms with Crippen molar-refractivity contribution in [2.24, 2.45) is 11.8 Å². The summed E-state index contributed by atoms with van der Waals surface area (Å²) in [6.45, 7) is 8.35. The Kier molecular flexibility index (Phi) is 8.80. The van der Waals surface area contributed by atoms with E-state index in [2.05, 4.69) is 37.9 Å². The first-order chi connectivity index (χ1) is 12.9. The molecule has 0 aliphatic heterocycles. The maximum absolute atomic E-state index is 13.2. The minimum Gasteiger partial charge on any atom is -0.408 e. The Balaban J connectivity index is 2.17. The first-order valence-corrected chi connectivity index (χ1v) is 11.1.